The highest BCUT2D eigenvalue weighted by molar-refractivity contribution is 5.20. The molecule has 0 amide bonds. The fourth-order valence-electron chi connectivity index (χ4n) is 1.08. The van der Waals surface area contributed by atoms with Crippen molar-refractivity contribution in [2.45, 2.75) is 0 Å². The van der Waals surface area contributed by atoms with Crippen molar-refractivity contribution in [3.05, 3.63) is 63.4 Å². The second-order valence-corrected chi connectivity index (χ2v) is 2.82. The van der Waals surface area contributed by atoms with Crippen molar-refractivity contribution in [3.63, 3.8) is 0 Å². The van der Waals surface area contributed by atoms with E-state index in [0.29, 0.717) is 10.5 Å². The first-order chi connectivity index (χ1) is 7.27. The third kappa shape index (κ3) is 1.96. The van der Waals surface area contributed by atoms with Crippen molar-refractivity contribution in [3.8, 4) is 5.75 Å². The summed E-state index contributed by atoms with van der Waals surface area (Å²) < 4.78 is 0.662. The monoisotopic (exact) mass is 204 g/mol. The van der Waals surface area contributed by atoms with Crippen LogP contribution in [0, 0.1) is 0 Å². The Morgan fingerprint density at radius 1 is 1.07 bits per heavy atom. The smallest absolute Gasteiger partial charge is 0.362 e. The average molecular weight is 204 g/mol. The molecule has 0 aliphatic rings. The molecule has 0 unspecified atom stereocenters. The van der Waals surface area contributed by atoms with Gasteiger partial charge in [-0.15, -0.1) is 0 Å². The highest BCUT2D eigenvalue weighted by Gasteiger charge is 2.01. The molecule has 1 heterocycles. The first-order valence-electron chi connectivity index (χ1n) is 4.31. The molecule has 5 heteroatoms. The van der Waals surface area contributed by atoms with Gasteiger partial charge < -0.3 is 9.82 Å². The lowest BCUT2D eigenvalue weighted by atomic mass is 10.3. The van der Waals surface area contributed by atoms with Gasteiger partial charge in [0.25, 0.3) is 5.56 Å². The first kappa shape index (κ1) is 9.26. The number of benzene rings is 1. The predicted molar refractivity (Wildman–Crippen MR) is 53.8 cm³/mol. The van der Waals surface area contributed by atoms with Gasteiger partial charge in [-0.3, -0.25) is 4.79 Å². The Labute approximate surface area is 84.5 Å². The van der Waals surface area contributed by atoms with E-state index in [1.807, 2.05) is 6.07 Å². The first-order valence-corrected chi connectivity index (χ1v) is 4.31. The average Bonchev–Trinajstić information content (AvgIpc) is 2.25. The van der Waals surface area contributed by atoms with Crippen molar-refractivity contribution in [2.24, 2.45) is 0 Å². The third-order valence-electron chi connectivity index (χ3n) is 1.76. The number of hydrogen-bond donors (Lipinski definition) is 1. The van der Waals surface area contributed by atoms with E-state index in [-0.39, 0.29) is 0 Å². The molecule has 0 spiro atoms. The molecule has 0 aliphatic carbocycles. The fourth-order valence-corrected chi connectivity index (χ4v) is 1.08. The van der Waals surface area contributed by atoms with E-state index < -0.39 is 11.2 Å². The van der Waals surface area contributed by atoms with Gasteiger partial charge in [0.2, 0.25) is 0 Å². The minimum absolute atomic E-state index is 0.427. The van der Waals surface area contributed by atoms with Gasteiger partial charge in [-0.25, -0.2) is 4.79 Å². The molecule has 0 atom stereocenters. The summed E-state index contributed by atoms with van der Waals surface area (Å²) in [5.41, 5.74) is -1.12. The van der Waals surface area contributed by atoms with Gasteiger partial charge in [0.05, 0.1) is 0 Å². The van der Waals surface area contributed by atoms with Crippen LogP contribution in [0.3, 0.4) is 0 Å². The lowest BCUT2D eigenvalue weighted by molar-refractivity contribution is 0.190. The van der Waals surface area contributed by atoms with Crippen molar-refractivity contribution >= 4 is 0 Å². The highest BCUT2D eigenvalue weighted by atomic mass is 16.7. The molecule has 0 aliphatic heterocycles. The summed E-state index contributed by atoms with van der Waals surface area (Å²) in [6.45, 7) is 0. The molecular formula is C10H8N2O3. The van der Waals surface area contributed by atoms with Gasteiger partial charge in [-0.2, -0.15) is 0 Å². The number of H-pyrrole nitrogens is 1. The zero-order valence-electron chi connectivity index (χ0n) is 7.71. The Kier molecular flexibility index (Phi) is 2.37. The molecule has 1 N–H and O–H groups in total. The van der Waals surface area contributed by atoms with Crippen LogP contribution in [0.1, 0.15) is 0 Å². The quantitative estimate of drug-likeness (QED) is 0.769. The Hall–Kier alpha value is -2.30. The Morgan fingerprint density at radius 2 is 1.80 bits per heavy atom. The molecule has 2 rings (SSSR count). The summed E-state index contributed by atoms with van der Waals surface area (Å²) >= 11 is 0. The number of aromatic nitrogens is 2. The van der Waals surface area contributed by atoms with E-state index in [4.69, 9.17) is 4.84 Å². The molecule has 0 saturated carbocycles. The fraction of sp³-hybridized carbons (Fsp3) is 0. The summed E-state index contributed by atoms with van der Waals surface area (Å²) in [4.78, 5) is 29.9. The van der Waals surface area contributed by atoms with Gasteiger partial charge in [0, 0.05) is 12.3 Å². The minimum Gasteiger partial charge on any atom is -0.367 e. The van der Waals surface area contributed by atoms with Gasteiger partial charge in [-0.05, 0) is 12.1 Å². The van der Waals surface area contributed by atoms with Gasteiger partial charge in [0.1, 0.15) is 0 Å². The number of hydrogen-bond acceptors (Lipinski definition) is 3. The van der Waals surface area contributed by atoms with E-state index in [9.17, 15) is 9.59 Å². The summed E-state index contributed by atoms with van der Waals surface area (Å²) in [5, 5.41) is 0. The van der Waals surface area contributed by atoms with Crippen LogP contribution in [0.15, 0.2) is 52.2 Å². The Balaban J connectivity index is 2.41. The summed E-state index contributed by atoms with van der Waals surface area (Å²) in [5.74, 6) is 0.427. The SMILES string of the molecule is O=c1cc[nH]c(=O)n1Oc1ccccc1. The summed E-state index contributed by atoms with van der Waals surface area (Å²) in [6, 6.07) is 9.82. The lowest BCUT2D eigenvalue weighted by Crippen LogP contribution is -2.37. The molecule has 5 nitrogen and oxygen atoms in total. The largest absolute Gasteiger partial charge is 0.367 e. The topological polar surface area (TPSA) is 64.1 Å². The summed E-state index contributed by atoms with van der Waals surface area (Å²) in [7, 11) is 0. The van der Waals surface area contributed by atoms with E-state index >= 15 is 0 Å². The molecule has 0 bridgehead atoms. The van der Waals surface area contributed by atoms with Crippen molar-refractivity contribution in [1.29, 1.82) is 0 Å². The van der Waals surface area contributed by atoms with Gasteiger partial charge in [-0.1, -0.05) is 22.9 Å². The molecule has 1 aromatic heterocycles. The Bertz CT molecular complexity index is 528. The second kappa shape index (κ2) is 3.83. The number of rotatable bonds is 2. The molecule has 0 fully saturated rings. The van der Waals surface area contributed by atoms with Crippen LogP contribution in [0.25, 0.3) is 0 Å². The molecule has 76 valence electrons. The second-order valence-electron chi connectivity index (χ2n) is 2.82. The third-order valence-corrected chi connectivity index (χ3v) is 1.76. The van der Waals surface area contributed by atoms with Crippen molar-refractivity contribution < 1.29 is 4.84 Å². The van der Waals surface area contributed by atoms with Crippen molar-refractivity contribution in [1.82, 2.24) is 9.71 Å². The van der Waals surface area contributed by atoms with Crippen LogP contribution >= 0.6 is 0 Å². The lowest BCUT2D eigenvalue weighted by Gasteiger charge is -2.04. The van der Waals surface area contributed by atoms with Crippen LogP contribution in [0.4, 0.5) is 0 Å². The van der Waals surface area contributed by atoms with Crippen LogP contribution in [-0.2, 0) is 0 Å². The highest BCUT2D eigenvalue weighted by Crippen LogP contribution is 2.06. The molecule has 15 heavy (non-hydrogen) atoms. The zero-order valence-corrected chi connectivity index (χ0v) is 7.71. The molecule has 1 aromatic carbocycles. The van der Waals surface area contributed by atoms with Crippen molar-refractivity contribution in [2.75, 3.05) is 0 Å². The molecule has 0 saturated heterocycles. The summed E-state index contributed by atoms with van der Waals surface area (Å²) in [6.07, 6.45) is 1.27. The number of para-hydroxylation sites is 1. The van der Waals surface area contributed by atoms with Crippen LogP contribution < -0.4 is 16.1 Å². The van der Waals surface area contributed by atoms with E-state index in [2.05, 4.69) is 4.98 Å². The van der Waals surface area contributed by atoms with Crippen LogP contribution in [0.2, 0.25) is 0 Å². The maximum absolute atomic E-state index is 11.3. The van der Waals surface area contributed by atoms with Gasteiger partial charge >= 0.3 is 5.69 Å². The maximum atomic E-state index is 11.3. The van der Waals surface area contributed by atoms with Crippen LogP contribution in [0.5, 0.6) is 5.75 Å². The maximum Gasteiger partial charge on any atom is 0.362 e. The number of nitrogens with zero attached hydrogens (tertiary/aromatic N) is 1. The minimum atomic E-state index is -0.605. The predicted octanol–water partition coefficient (Wildman–Crippen LogP) is 0.379. The number of nitrogens with one attached hydrogen (secondary N) is 1. The molecule has 2 aromatic rings. The number of aromatic amines is 1. The van der Waals surface area contributed by atoms with E-state index in [0.717, 1.165) is 0 Å². The zero-order chi connectivity index (χ0) is 10.7. The standard InChI is InChI=1S/C10H8N2O3/c13-9-6-7-11-10(14)12(9)15-8-4-2-1-3-5-8/h1-7H,(H,11,14). The Morgan fingerprint density at radius 3 is 2.47 bits per heavy atom. The normalized spacial score (nSPS) is 9.87. The van der Waals surface area contributed by atoms with E-state index in [1.165, 1.54) is 12.3 Å². The van der Waals surface area contributed by atoms with E-state index in [1.54, 1.807) is 24.3 Å². The molecule has 0 radical (unpaired) electrons. The van der Waals surface area contributed by atoms with Gasteiger partial charge in [0.15, 0.2) is 5.75 Å². The molecular weight excluding hydrogens is 196 g/mol. The van der Waals surface area contributed by atoms with Crippen LogP contribution in [-0.4, -0.2) is 9.71 Å².